The van der Waals surface area contributed by atoms with E-state index >= 15 is 0 Å². The van der Waals surface area contributed by atoms with Crippen LogP contribution in [0.4, 0.5) is 17.6 Å². The fourth-order valence-corrected chi connectivity index (χ4v) is 1.14. The van der Waals surface area contributed by atoms with Gasteiger partial charge in [-0.2, -0.15) is 22.7 Å². The number of aldehydes is 1. The van der Waals surface area contributed by atoms with Crippen molar-refractivity contribution in [3.05, 3.63) is 0 Å². The van der Waals surface area contributed by atoms with Gasteiger partial charge in [-0.05, 0) is 6.92 Å². The Morgan fingerprint density at radius 1 is 1.36 bits per heavy atom. The van der Waals surface area contributed by atoms with Crippen LogP contribution in [-0.4, -0.2) is 41.3 Å². The van der Waals surface area contributed by atoms with E-state index < -0.39 is 19.3 Å². The molecule has 4 nitrogen and oxygen atoms in total. The zero-order valence-corrected chi connectivity index (χ0v) is 7.07. The highest BCUT2D eigenvalue weighted by Gasteiger charge is 2.40. The first-order valence-corrected chi connectivity index (χ1v) is 3.62. The maximum Gasteiger partial charge on any atom is 0.331 e. The van der Waals surface area contributed by atoms with Gasteiger partial charge in [-0.25, -0.2) is 5.01 Å². The number of alkyl halides is 4. The molecule has 0 radical (unpaired) electrons. The van der Waals surface area contributed by atoms with Gasteiger partial charge < -0.3 is 0 Å². The summed E-state index contributed by atoms with van der Waals surface area (Å²) >= 11 is 0. The van der Waals surface area contributed by atoms with Gasteiger partial charge in [-0.3, -0.25) is 9.69 Å². The summed E-state index contributed by atoms with van der Waals surface area (Å²) in [5.74, 6) is -0.308. The van der Waals surface area contributed by atoms with Crippen molar-refractivity contribution in [3.63, 3.8) is 0 Å². The Morgan fingerprint density at radius 3 is 2.29 bits per heavy atom. The molecule has 0 aromatic heterocycles. The predicted octanol–water partition coefficient (Wildman–Crippen LogP) is 0.908. The van der Waals surface area contributed by atoms with Crippen LogP contribution in [0.2, 0.25) is 0 Å². The van der Waals surface area contributed by atoms with Crippen LogP contribution in [0.25, 0.3) is 0 Å². The van der Waals surface area contributed by atoms with Crippen LogP contribution in [0.15, 0.2) is 5.10 Å². The second-order valence-corrected chi connectivity index (χ2v) is 2.54. The minimum absolute atomic E-state index is 0.00167. The second-order valence-electron chi connectivity index (χ2n) is 2.54. The molecule has 0 N–H and O–H groups in total. The van der Waals surface area contributed by atoms with Crippen LogP contribution in [-0.2, 0) is 4.79 Å². The Labute approximate surface area is 76.8 Å². The van der Waals surface area contributed by atoms with Crippen molar-refractivity contribution in [2.45, 2.75) is 26.2 Å². The average Bonchev–Trinajstić information content (AvgIpc) is 2.41. The summed E-state index contributed by atoms with van der Waals surface area (Å²) in [7, 11) is 0. The van der Waals surface area contributed by atoms with E-state index in [1.54, 1.807) is 0 Å². The molecule has 0 aliphatic carbocycles. The number of hydrazone groups is 1. The SMILES string of the molecule is CC1=NN(C(F)F)C(C=O)N1C(F)F. The fraction of sp³-hybridized carbons (Fsp3) is 0.667. The lowest BCUT2D eigenvalue weighted by atomic mass is 10.4. The fourth-order valence-electron chi connectivity index (χ4n) is 1.14. The van der Waals surface area contributed by atoms with Crippen LogP contribution < -0.4 is 0 Å². The van der Waals surface area contributed by atoms with E-state index in [9.17, 15) is 22.4 Å². The summed E-state index contributed by atoms with van der Waals surface area (Å²) in [5, 5.41) is 3.19. The molecule has 0 fully saturated rings. The van der Waals surface area contributed by atoms with E-state index in [1.807, 2.05) is 0 Å². The largest absolute Gasteiger partial charge is 0.331 e. The Bertz CT molecular complexity index is 257. The Hall–Kier alpha value is -1.34. The van der Waals surface area contributed by atoms with Gasteiger partial charge in [0.2, 0.25) is 0 Å². The topological polar surface area (TPSA) is 35.9 Å². The molecule has 14 heavy (non-hydrogen) atoms. The average molecular weight is 213 g/mol. The first-order chi connectivity index (χ1) is 6.49. The van der Waals surface area contributed by atoms with E-state index in [1.165, 1.54) is 0 Å². The molecule has 0 aromatic rings. The van der Waals surface area contributed by atoms with E-state index in [0.29, 0.717) is 0 Å². The van der Waals surface area contributed by atoms with E-state index in [4.69, 9.17) is 0 Å². The van der Waals surface area contributed by atoms with E-state index in [2.05, 4.69) is 5.10 Å². The molecule has 0 saturated heterocycles. The number of nitrogens with zero attached hydrogens (tertiary/aromatic N) is 3. The van der Waals surface area contributed by atoms with Crippen LogP contribution in [0, 0.1) is 0 Å². The molecule has 80 valence electrons. The molecule has 1 unspecified atom stereocenters. The van der Waals surface area contributed by atoms with Gasteiger partial charge in [0.15, 0.2) is 12.5 Å². The standard InChI is InChI=1S/C6H7F4N3O/c1-3-11-13(6(9)10)4(2-14)12(3)5(7)8/h2,4-6H,1H3. The molecule has 1 aliphatic rings. The molecule has 1 rings (SSSR count). The molecule has 0 amide bonds. The van der Waals surface area contributed by atoms with Gasteiger partial charge in [0.1, 0.15) is 5.84 Å². The summed E-state index contributed by atoms with van der Waals surface area (Å²) in [6, 6.07) is 0. The van der Waals surface area contributed by atoms with Crippen LogP contribution in [0.1, 0.15) is 6.92 Å². The summed E-state index contributed by atoms with van der Waals surface area (Å²) in [6.07, 6.45) is -1.73. The normalized spacial score (nSPS) is 22.2. The molecule has 1 heterocycles. The molecule has 0 saturated carbocycles. The first-order valence-electron chi connectivity index (χ1n) is 3.62. The second kappa shape index (κ2) is 3.81. The molecular weight excluding hydrogens is 206 g/mol. The third-order valence-electron chi connectivity index (χ3n) is 1.72. The van der Waals surface area contributed by atoms with E-state index in [0.717, 1.165) is 6.92 Å². The number of hydrogen-bond acceptors (Lipinski definition) is 4. The third-order valence-corrected chi connectivity index (χ3v) is 1.72. The summed E-state index contributed by atoms with van der Waals surface area (Å²) < 4.78 is 48.9. The number of carbonyl (C=O) groups is 1. The van der Waals surface area contributed by atoms with Crippen molar-refractivity contribution in [1.29, 1.82) is 0 Å². The lowest BCUT2D eigenvalue weighted by Crippen LogP contribution is -2.46. The monoisotopic (exact) mass is 213 g/mol. The number of rotatable bonds is 3. The van der Waals surface area contributed by atoms with Crippen molar-refractivity contribution in [1.82, 2.24) is 9.91 Å². The lowest BCUT2D eigenvalue weighted by molar-refractivity contribution is -0.136. The first kappa shape index (κ1) is 10.7. The highest BCUT2D eigenvalue weighted by molar-refractivity contribution is 5.84. The van der Waals surface area contributed by atoms with Crippen molar-refractivity contribution in [2.24, 2.45) is 5.10 Å². The predicted molar refractivity (Wildman–Crippen MR) is 38.6 cm³/mol. The maximum absolute atomic E-state index is 12.3. The summed E-state index contributed by atoms with van der Waals surface area (Å²) in [4.78, 5) is 10.6. The maximum atomic E-state index is 12.3. The number of halogens is 4. The Balaban J connectivity index is 2.91. The van der Waals surface area contributed by atoms with Gasteiger partial charge in [0, 0.05) is 0 Å². The van der Waals surface area contributed by atoms with Gasteiger partial charge in [0.25, 0.3) is 0 Å². The van der Waals surface area contributed by atoms with Gasteiger partial charge in [-0.15, -0.1) is 0 Å². The van der Waals surface area contributed by atoms with Crippen molar-refractivity contribution in [3.8, 4) is 0 Å². The quantitative estimate of drug-likeness (QED) is 0.397. The van der Waals surface area contributed by atoms with Crippen molar-refractivity contribution in [2.75, 3.05) is 0 Å². The van der Waals surface area contributed by atoms with Gasteiger partial charge in [0.05, 0.1) is 0 Å². The van der Waals surface area contributed by atoms with Gasteiger partial charge in [-0.1, -0.05) is 0 Å². The minimum Gasteiger partial charge on any atom is -0.299 e. The van der Waals surface area contributed by atoms with Crippen molar-refractivity contribution >= 4 is 12.1 Å². The molecular formula is C6H7F4N3O. The minimum atomic E-state index is -3.08. The lowest BCUT2D eigenvalue weighted by Gasteiger charge is -2.25. The molecule has 0 aromatic carbocycles. The zero-order valence-electron chi connectivity index (χ0n) is 7.07. The van der Waals surface area contributed by atoms with E-state index in [-0.39, 0.29) is 22.0 Å². The highest BCUT2D eigenvalue weighted by atomic mass is 19.3. The molecule has 0 bridgehead atoms. The smallest absolute Gasteiger partial charge is 0.299 e. The van der Waals surface area contributed by atoms with Crippen LogP contribution in [0.5, 0.6) is 0 Å². The van der Waals surface area contributed by atoms with Crippen LogP contribution >= 0.6 is 0 Å². The molecule has 8 heteroatoms. The zero-order chi connectivity index (χ0) is 10.9. The van der Waals surface area contributed by atoms with Gasteiger partial charge >= 0.3 is 13.1 Å². The highest BCUT2D eigenvalue weighted by Crippen LogP contribution is 2.22. The third kappa shape index (κ3) is 1.64. The Kier molecular flexibility index (Phi) is 2.92. The molecule has 1 aliphatic heterocycles. The Morgan fingerprint density at radius 2 is 1.93 bits per heavy atom. The molecule has 1 atom stereocenters. The summed E-state index contributed by atoms with van der Waals surface area (Å²) in [5.41, 5.74) is 0. The van der Waals surface area contributed by atoms with Crippen LogP contribution in [0.3, 0.4) is 0 Å². The number of amidine groups is 1. The molecule has 0 spiro atoms. The van der Waals surface area contributed by atoms with Crippen molar-refractivity contribution < 1.29 is 22.4 Å². The number of carbonyl (C=O) groups excluding carboxylic acids is 1. The summed E-state index contributed by atoms with van der Waals surface area (Å²) in [6.45, 7) is -4.98. The number of hydrogen-bond donors (Lipinski definition) is 0.